The van der Waals surface area contributed by atoms with Gasteiger partial charge >= 0.3 is 0 Å². The van der Waals surface area contributed by atoms with Crippen molar-refractivity contribution in [3.63, 3.8) is 0 Å². The van der Waals surface area contributed by atoms with E-state index in [2.05, 4.69) is 20.5 Å². The molecule has 0 aliphatic carbocycles. The summed E-state index contributed by atoms with van der Waals surface area (Å²) in [6.07, 6.45) is 5.00. The molecule has 0 saturated carbocycles. The molecule has 4 aromatic heterocycles. The lowest BCUT2D eigenvalue weighted by Crippen LogP contribution is -2.20. The highest BCUT2D eigenvalue weighted by Crippen LogP contribution is 2.30. The van der Waals surface area contributed by atoms with E-state index in [-0.39, 0.29) is 12.5 Å². The molecule has 0 fully saturated rings. The first-order valence-electron chi connectivity index (χ1n) is 10.4. The van der Waals surface area contributed by atoms with Crippen molar-refractivity contribution in [2.75, 3.05) is 5.32 Å². The van der Waals surface area contributed by atoms with Crippen LogP contribution in [0.15, 0.2) is 65.5 Å². The van der Waals surface area contributed by atoms with Gasteiger partial charge in [-0.25, -0.2) is 9.67 Å². The van der Waals surface area contributed by atoms with Crippen molar-refractivity contribution in [3.05, 3.63) is 83.0 Å². The summed E-state index contributed by atoms with van der Waals surface area (Å²) < 4.78 is 8.82. The molecule has 166 valence electrons. The minimum absolute atomic E-state index is 0.0277. The lowest BCUT2D eigenvalue weighted by Gasteiger charge is -2.05. The molecule has 1 aromatic carbocycles. The Morgan fingerprint density at radius 2 is 1.94 bits per heavy atom. The minimum atomic E-state index is -0.299. The molecular weight excluding hydrogens is 440 g/mol. The molecule has 9 heteroatoms. The summed E-state index contributed by atoms with van der Waals surface area (Å²) in [6, 6.07) is 13.8. The van der Waals surface area contributed by atoms with Crippen molar-refractivity contribution in [1.82, 2.24) is 24.5 Å². The van der Waals surface area contributed by atoms with Gasteiger partial charge in [0.1, 0.15) is 17.3 Å². The van der Waals surface area contributed by atoms with Crippen molar-refractivity contribution >= 4 is 34.4 Å². The second-order valence-electron chi connectivity index (χ2n) is 7.83. The van der Waals surface area contributed by atoms with Crippen LogP contribution in [0.4, 0.5) is 5.82 Å². The predicted octanol–water partition coefficient (Wildman–Crippen LogP) is 4.85. The number of benzene rings is 1. The number of anilines is 1. The van der Waals surface area contributed by atoms with E-state index >= 15 is 0 Å². The van der Waals surface area contributed by atoms with Gasteiger partial charge in [0.05, 0.1) is 23.9 Å². The summed E-state index contributed by atoms with van der Waals surface area (Å²) in [5, 5.41) is 12.9. The number of aromatic nitrogens is 5. The third kappa shape index (κ3) is 4.25. The van der Waals surface area contributed by atoms with Crippen LogP contribution in [0.2, 0.25) is 5.02 Å². The molecule has 0 saturated heterocycles. The first-order valence-corrected chi connectivity index (χ1v) is 10.8. The van der Waals surface area contributed by atoms with Gasteiger partial charge in [0.15, 0.2) is 11.5 Å². The van der Waals surface area contributed by atoms with Gasteiger partial charge < -0.3 is 9.73 Å². The van der Waals surface area contributed by atoms with Crippen LogP contribution in [0.25, 0.3) is 22.4 Å². The molecule has 1 amide bonds. The molecule has 0 unspecified atom stereocenters. The summed E-state index contributed by atoms with van der Waals surface area (Å²) in [7, 11) is 0. The van der Waals surface area contributed by atoms with Crippen molar-refractivity contribution in [2.24, 2.45) is 0 Å². The van der Waals surface area contributed by atoms with Gasteiger partial charge in [-0.05, 0) is 37.6 Å². The van der Waals surface area contributed by atoms with E-state index in [1.54, 1.807) is 28.0 Å². The third-order valence-corrected chi connectivity index (χ3v) is 5.60. The number of fused-ring (bicyclic) bond motifs is 1. The van der Waals surface area contributed by atoms with Gasteiger partial charge in [-0.1, -0.05) is 41.4 Å². The third-order valence-electron chi connectivity index (χ3n) is 5.33. The smallest absolute Gasteiger partial charge is 0.247 e. The largest absolute Gasteiger partial charge is 0.464 e. The Bertz CT molecular complexity index is 1430. The highest BCUT2D eigenvalue weighted by Gasteiger charge is 2.18. The maximum Gasteiger partial charge on any atom is 0.247 e. The minimum Gasteiger partial charge on any atom is -0.464 e. The number of pyridine rings is 1. The topological polar surface area (TPSA) is 90.8 Å². The summed E-state index contributed by atoms with van der Waals surface area (Å²) in [5.74, 6) is 0.735. The van der Waals surface area contributed by atoms with Crippen LogP contribution in [0.3, 0.4) is 0 Å². The quantitative estimate of drug-likeness (QED) is 0.391. The van der Waals surface area contributed by atoms with Crippen molar-refractivity contribution in [2.45, 2.75) is 26.9 Å². The molecule has 0 atom stereocenters. The van der Waals surface area contributed by atoms with Gasteiger partial charge in [0.25, 0.3) is 0 Å². The number of nitrogens with zero attached hydrogens (tertiary/aromatic N) is 5. The SMILES string of the molecule is Cc1ccc(Cn2cc(Cl)c(NC(=O)Cn3nc(C)c4c(-c5ccco5)ccnc43)n2)cc1. The number of furan rings is 1. The number of hydrogen-bond acceptors (Lipinski definition) is 5. The molecular formula is C24H21ClN6O2. The van der Waals surface area contributed by atoms with E-state index in [1.165, 1.54) is 5.56 Å². The molecule has 5 rings (SSSR count). The van der Waals surface area contributed by atoms with Gasteiger partial charge in [-0.2, -0.15) is 10.2 Å². The molecule has 0 radical (unpaired) electrons. The Hall–Kier alpha value is -3.91. The lowest BCUT2D eigenvalue weighted by atomic mass is 10.1. The van der Waals surface area contributed by atoms with Crippen LogP contribution in [-0.2, 0) is 17.9 Å². The molecule has 1 N–H and O–H groups in total. The van der Waals surface area contributed by atoms with E-state index in [0.29, 0.717) is 23.0 Å². The van der Waals surface area contributed by atoms with Crippen LogP contribution >= 0.6 is 11.6 Å². The monoisotopic (exact) mass is 460 g/mol. The Morgan fingerprint density at radius 3 is 2.70 bits per heavy atom. The molecule has 5 aromatic rings. The lowest BCUT2D eigenvalue weighted by molar-refractivity contribution is -0.116. The van der Waals surface area contributed by atoms with Crippen molar-refractivity contribution in [3.8, 4) is 11.3 Å². The molecule has 33 heavy (non-hydrogen) atoms. The Kier molecular flexibility index (Phi) is 5.43. The maximum absolute atomic E-state index is 12.8. The fraction of sp³-hybridized carbons (Fsp3) is 0.167. The van der Waals surface area contributed by atoms with E-state index in [1.807, 2.05) is 56.3 Å². The average molecular weight is 461 g/mol. The van der Waals surface area contributed by atoms with Gasteiger partial charge in [0, 0.05) is 18.0 Å². The highest BCUT2D eigenvalue weighted by atomic mass is 35.5. The summed E-state index contributed by atoms with van der Waals surface area (Å²) in [6.45, 7) is 4.45. The van der Waals surface area contributed by atoms with Crippen molar-refractivity contribution in [1.29, 1.82) is 0 Å². The molecule has 0 spiro atoms. The normalized spacial score (nSPS) is 11.2. The number of carbonyl (C=O) groups excluding carboxylic acids is 1. The fourth-order valence-corrected chi connectivity index (χ4v) is 3.98. The highest BCUT2D eigenvalue weighted by molar-refractivity contribution is 6.33. The summed E-state index contributed by atoms with van der Waals surface area (Å²) >= 11 is 6.32. The van der Waals surface area contributed by atoms with E-state index < -0.39 is 0 Å². The van der Waals surface area contributed by atoms with Crippen molar-refractivity contribution < 1.29 is 9.21 Å². The summed E-state index contributed by atoms with van der Waals surface area (Å²) in [4.78, 5) is 17.2. The van der Waals surface area contributed by atoms with Gasteiger partial charge in [-0.15, -0.1) is 0 Å². The second kappa shape index (κ2) is 8.55. The Labute approximate surface area is 194 Å². The van der Waals surface area contributed by atoms with E-state index in [4.69, 9.17) is 16.0 Å². The number of hydrogen-bond donors (Lipinski definition) is 1. The predicted molar refractivity (Wildman–Crippen MR) is 126 cm³/mol. The molecule has 0 aliphatic rings. The van der Waals surface area contributed by atoms with E-state index in [0.717, 1.165) is 28.0 Å². The Balaban J connectivity index is 1.34. The molecule has 0 bridgehead atoms. The van der Waals surface area contributed by atoms with Crippen LogP contribution in [0.5, 0.6) is 0 Å². The zero-order chi connectivity index (χ0) is 22.9. The van der Waals surface area contributed by atoms with Crippen LogP contribution in [0.1, 0.15) is 16.8 Å². The molecule has 8 nitrogen and oxygen atoms in total. The Morgan fingerprint density at radius 1 is 1.12 bits per heavy atom. The number of nitrogens with one attached hydrogen (secondary N) is 1. The van der Waals surface area contributed by atoms with Gasteiger partial charge in [0.2, 0.25) is 5.91 Å². The number of amides is 1. The maximum atomic E-state index is 12.8. The number of halogens is 1. The second-order valence-corrected chi connectivity index (χ2v) is 8.24. The first-order chi connectivity index (χ1) is 16.0. The molecule has 4 heterocycles. The van der Waals surface area contributed by atoms with Crippen LogP contribution in [-0.4, -0.2) is 30.5 Å². The zero-order valence-corrected chi connectivity index (χ0v) is 18.9. The fourth-order valence-electron chi connectivity index (χ4n) is 3.78. The van der Waals surface area contributed by atoms with E-state index in [9.17, 15) is 4.79 Å². The van der Waals surface area contributed by atoms with Crippen LogP contribution < -0.4 is 5.32 Å². The van der Waals surface area contributed by atoms with Crippen LogP contribution in [0, 0.1) is 13.8 Å². The average Bonchev–Trinajstić information content (AvgIpc) is 3.51. The zero-order valence-electron chi connectivity index (χ0n) is 18.1. The molecule has 0 aliphatic heterocycles. The summed E-state index contributed by atoms with van der Waals surface area (Å²) in [5.41, 5.74) is 4.53. The number of aryl methyl sites for hydroxylation is 2. The standard InChI is InChI=1S/C24H21ClN6O2/c1-15-5-7-17(8-6-15)12-30-13-19(25)23(29-30)27-21(32)14-31-24-22(16(2)28-31)18(9-10-26-24)20-4-3-11-33-20/h3-11,13H,12,14H2,1-2H3,(H,27,29,32). The number of rotatable bonds is 6. The number of carbonyl (C=O) groups is 1. The first kappa shape index (κ1) is 21.0. The van der Waals surface area contributed by atoms with Gasteiger partial charge in [-0.3, -0.25) is 9.48 Å².